The van der Waals surface area contributed by atoms with E-state index >= 15 is 0 Å². The fraction of sp³-hybridized carbons (Fsp3) is 0.0769. The number of rotatable bonds is 1. The van der Waals surface area contributed by atoms with Crippen LogP contribution in [0.2, 0.25) is 0 Å². The molecule has 85 valence electrons. The summed E-state index contributed by atoms with van der Waals surface area (Å²) < 4.78 is 23.1. The lowest BCUT2D eigenvalue weighted by atomic mass is 9.95. The maximum absolute atomic E-state index is 11.6. The van der Waals surface area contributed by atoms with Crippen molar-refractivity contribution in [3.05, 3.63) is 42.0 Å². The summed E-state index contributed by atoms with van der Waals surface area (Å²) in [7, 11) is -3.74. The quantitative estimate of drug-likeness (QED) is 0.713. The highest BCUT2D eigenvalue weighted by Gasteiger charge is 2.16. The Bertz CT molecular complexity index is 822. The molecule has 0 aliphatic heterocycles. The number of fused-ring (bicyclic) bond motifs is 2. The molecule has 0 saturated carbocycles. The van der Waals surface area contributed by atoms with E-state index in [4.69, 9.17) is 5.14 Å². The third kappa shape index (κ3) is 1.41. The summed E-state index contributed by atoms with van der Waals surface area (Å²) in [6, 6.07) is 12.2. The Morgan fingerprint density at radius 3 is 2.59 bits per heavy atom. The highest BCUT2D eigenvalue weighted by molar-refractivity contribution is 7.89. The summed E-state index contributed by atoms with van der Waals surface area (Å²) >= 11 is 0. The van der Waals surface area contributed by atoms with Crippen LogP contribution in [-0.2, 0) is 10.0 Å². The van der Waals surface area contributed by atoms with Crippen molar-refractivity contribution >= 4 is 31.6 Å². The molecule has 2 bridgehead atoms. The molecule has 0 atom stereocenters. The van der Waals surface area contributed by atoms with Crippen molar-refractivity contribution in [2.24, 2.45) is 5.14 Å². The molecule has 0 fully saturated rings. The zero-order valence-corrected chi connectivity index (χ0v) is 10.0. The van der Waals surface area contributed by atoms with Crippen molar-refractivity contribution in [1.29, 1.82) is 0 Å². The van der Waals surface area contributed by atoms with Crippen LogP contribution in [0.3, 0.4) is 0 Å². The van der Waals surface area contributed by atoms with Gasteiger partial charge >= 0.3 is 0 Å². The van der Waals surface area contributed by atoms with E-state index in [1.165, 1.54) is 0 Å². The van der Waals surface area contributed by atoms with E-state index in [0.29, 0.717) is 5.39 Å². The number of primary sulfonamides is 1. The Kier molecular flexibility index (Phi) is 1.97. The first-order chi connectivity index (χ1) is 7.98. The number of nitrogens with two attached hydrogens (primary N) is 1. The molecule has 0 aromatic heterocycles. The number of hydrogen-bond acceptors (Lipinski definition) is 2. The molecule has 17 heavy (non-hydrogen) atoms. The average Bonchev–Trinajstić information content (AvgIpc) is 2.28. The molecule has 0 aliphatic carbocycles. The number of sulfonamides is 1. The predicted molar refractivity (Wildman–Crippen MR) is 67.6 cm³/mol. The average molecular weight is 244 g/mol. The Morgan fingerprint density at radius 1 is 1.18 bits per heavy atom. The van der Waals surface area contributed by atoms with E-state index in [1.54, 1.807) is 6.07 Å². The molecule has 0 spiro atoms. The number of aryl methyl sites for hydroxylation is 1. The van der Waals surface area contributed by atoms with Crippen molar-refractivity contribution < 1.29 is 8.42 Å². The first-order valence-electron chi connectivity index (χ1n) is 5.17. The predicted octanol–water partition coefficient (Wildman–Crippen LogP) is 2.19. The second-order valence-electron chi connectivity index (χ2n) is 4.17. The lowest BCUT2D eigenvalue weighted by Crippen LogP contribution is -2.13. The van der Waals surface area contributed by atoms with Crippen LogP contribution in [0, 0.1) is 13.0 Å². The van der Waals surface area contributed by atoms with Crippen molar-refractivity contribution in [2.75, 3.05) is 0 Å². The topological polar surface area (TPSA) is 60.2 Å². The normalized spacial score (nSPS) is 12.6. The van der Waals surface area contributed by atoms with Crippen molar-refractivity contribution in [3.8, 4) is 0 Å². The summed E-state index contributed by atoms with van der Waals surface area (Å²) in [5.41, 5.74) is 1.06. The van der Waals surface area contributed by atoms with Crippen LogP contribution < -0.4 is 5.14 Å². The van der Waals surface area contributed by atoms with Crippen LogP contribution in [0.15, 0.2) is 35.2 Å². The maximum Gasteiger partial charge on any atom is 0.239 e. The van der Waals surface area contributed by atoms with Gasteiger partial charge in [0.15, 0.2) is 0 Å². The first-order valence-corrected chi connectivity index (χ1v) is 6.72. The maximum atomic E-state index is 11.6. The molecular weight excluding hydrogens is 234 g/mol. The van der Waals surface area contributed by atoms with Crippen LogP contribution in [0.1, 0.15) is 5.56 Å². The largest absolute Gasteiger partial charge is 0.239 e. The van der Waals surface area contributed by atoms with Gasteiger partial charge in [-0.25, -0.2) is 13.6 Å². The fourth-order valence-electron chi connectivity index (χ4n) is 2.32. The molecule has 0 saturated heterocycles. The van der Waals surface area contributed by atoms with E-state index < -0.39 is 10.0 Å². The Hall–Kier alpha value is -1.65. The molecule has 4 rings (SSSR count). The molecule has 3 nitrogen and oxygen atoms in total. The van der Waals surface area contributed by atoms with Crippen LogP contribution in [0.4, 0.5) is 0 Å². The minimum absolute atomic E-state index is 0.0827. The van der Waals surface area contributed by atoms with Gasteiger partial charge in [0, 0.05) is 11.5 Å². The summed E-state index contributed by atoms with van der Waals surface area (Å²) in [4.78, 5) is 0.0827. The monoisotopic (exact) mass is 244 g/mol. The van der Waals surface area contributed by atoms with Crippen LogP contribution in [-0.4, -0.2) is 8.42 Å². The standard InChI is InChI=1S/C13H10NO2S/c1-8-7-9-5-6-10(8)13-11(9)3-2-4-12(13)17(14,15)16/h2-3,5-7H,1H3,(H2,14,15,16). The third-order valence-corrected chi connectivity index (χ3v) is 3.94. The molecule has 0 aliphatic rings. The van der Waals surface area contributed by atoms with Gasteiger partial charge in [-0.3, -0.25) is 0 Å². The lowest BCUT2D eigenvalue weighted by molar-refractivity contribution is 0.598. The van der Waals surface area contributed by atoms with E-state index in [-0.39, 0.29) is 4.90 Å². The number of benzene rings is 4. The van der Waals surface area contributed by atoms with Gasteiger partial charge in [0.05, 0.1) is 4.90 Å². The Morgan fingerprint density at radius 2 is 1.94 bits per heavy atom. The molecule has 4 aromatic rings. The van der Waals surface area contributed by atoms with E-state index in [9.17, 15) is 8.42 Å². The molecule has 4 heteroatoms. The second kappa shape index (κ2) is 3.18. The highest BCUT2D eigenvalue weighted by atomic mass is 32.2. The lowest BCUT2D eigenvalue weighted by Gasteiger charge is -2.12. The van der Waals surface area contributed by atoms with Gasteiger partial charge in [0.2, 0.25) is 10.0 Å². The van der Waals surface area contributed by atoms with Crippen molar-refractivity contribution in [1.82, 2.24) is 0 Å². The van der Waals surface area contributed by atoms with Crippen LogP contribution >= 0.6 is 0 Å². The number of hydrogen-bond donors (Lipinski definition) is 1. The van der Waals surface area contributed by atoms with Gasteiger partial charge in [0.25, 0.3) is 0 Å². The molecule has 1 radical (unpaired) electrons. The van der Waals surface area contributed by atoms with E-state index in [1.807, 2.05) is 31.2 Å². The van der Waals surface area contributed by atoms with Gasteiger partial charge in [-0.2, -0.15) is 0 Å². The van der Waals surface area contributed by atoms with Crippen molar-refractivity contribution in [2.45, 2.75) is 11.8 Å². The fourth-order valence-corrected chi connectivity index (χ4v) is 3.06. The van der Waals surface area contributed by atoms with Crippen LogP contribution in [0.5, 0.6) is 0 Å². The Balaban J connectivity index is 2.66. The van der Waals surface area contributed by atoms with Gasteiger partial charge in [-0.15, -0.1) is 0 Å². The zero-order chi connectivity index (χ0) is 12.2. The van der Waals surface area contributed by atoms with Gasteiger partial charge < -0.3 is 0 Å². The minimum atomic E-state index is -3.74. The van der Waals surface area contributed by atoms with Gasteiger partial charge in [-0.1, -0.05) is 30.3 Å². The van der Waals surface area contributed by atoms with Gasteiger partial charge in [0.1, 0.15) is 0 Å². The molecule has 2 N–H and O–H groups in total. The van der Waals surface area contributed by atoms with E-state index in [0.717, 1.165) is 21.7 Å². The summed E-state index contributed by atoms with van der Waals surface area (Å²) in [5, 5.41) is 8.77. The van der Waals surface area contributed by atoms with Gasteiger partial charge in [-0.05, 0) is 28.6 Å². The second-order valence-corrected chi connectivity index (χ2v) is 5.67. The SMILES string of the molecule is Cc1cc2ccc1c1c(S(N)(=O)=O)[c]ccc21. The third-order valence-electron chi connectivity index (χ3n) is 3.05. The summed E-state index contributed by atoms with van der Waals surface area (Å²) in [6.45, 7) is 1.96. The smallest absolute Gasteiger partial charge is 0.225 e. The first kappa shape index (κ1) is 10.5. The van der Waals surface area contributed by atoms with E-state index in [2.05, 4.69) is 6.07 Å². The Labute approximate surface area is 99.2 Å². The van der Waals surface area contributed by atoms with Crippen LogP contribution in [0.25, 0.3) is 21.5 Å². The highest BCUT2D eigenvalue weighted by Crippen LogP contribution is 2.34. The minimum Gasteiger partial charge on any atom is -0.225 e. The summed E-state index contributed by atoms with van der Waals surface area (Å²) in [5.74, 6) is 0. The van der Waals surface area contributed by atoms with Crippen molar-refractivity contribution in [3.63, 3.8) is 0 Å². The molecule has 0 unspecified atom stereocenters. The molecule has 0 amide bonds. The molecule has 4 aromatic carbocycles. The summed E-state index contributed by atoms with van der Waals surface area (Å²) in [6.07, 6.45) is 0. The zero-order valence-electron chi connectivity index (χ0n) is 9.19. The molecule has 0 heterocycles. The molecular formula is C13H10NO2S.